The average Bonchev–Trinajstić information content (AvgIpc) is 2.65. The Morgan fingerprint density at radius 3 is 2.14 bits per heavy atom. The summed E-state index contributed by atoms with van der Waals surface area (Å²) >= 11 is 0. The van der Waals surface area contributed by atoms with Crippen molar-refractivity contribution >= 4 is 21.2 Å². The van der Waals surface area contributed by atoms with E-state index in [-0.39, 0.29) is 30.1 Å². The van der Waals surface area contributed by atoms with Crippen LogP contribution in [0.25, 0.3) is 0 Å². The first-order chi connectivity index (χ1) is 12.9. The predicted molar refractivity (Wildman–Crippen MR) is 110 cm³/mol. The number of non-ortho nitro benzene ring substituents is 1. The van der Waals surface area contributed by atoms with Gasteiger partial charge in [0.05, 0.1) is 17.4 Å². The second-order valence-electron chi connectivity index (χ2n) is 6.18. The van der Waals surface area contributed by atoms with Crippen molar-refractivity contribution in [1.29, 1.82) is 5.41 Å². The molecular formula is C19H32F2N2O4S. The van der Waals surface area contributed by atoms with Crippen molar-refractivity contribution in [2.24, 2.45) is 0 Å². The lowest BCUT2D eigenvalue weighted by Crippen LogP contribution is -2.40. The van der Waals surface area contributed by atoms with Gasteiger partial charge in [0.25, 0.3) is 5.69 Å². The van der Waals surface area contributed by atoms with Crippen molar-refractivity contribution in [3.05, 3.63) is 39.7 Å². The van der Waals surface area contributed by atoms with E-state index in [1.807, 2.05) is 20.8 Å². The monoisotopic (exact) mass is 422 g/mol. The smallest absolute Gasteiger partial charge is 0.269 e. The minimum absolute atomic E-state index is 0.00772. The Kier molecular flexibility index (Phi) is 13.5. The molecule has 0 fully saturated rings. The predicted octanol–water partition coefficient (Wildman–Crippen LogP) is 5.64. The molecular weight excluding hydrogens is 390 g/mol. The summed E-state index contributed by atoms with van der Waals surface area (Å²) in [5.74, 6) is -1.50. The van der Waals surface area contributed by atoms with Crippen molar-refractivity contribution in [3.8, 4) is 0 Å². The minimum Gasteiger partial charge on any atom is -0.308 e. The lowest BCUT2D eigenvalue weighted by Gasteiger charge is -2.25. The highest BCUT2D eigenvalue weighted by Gasteiger charge is 2.38. The van der Waals surface area contributed by atoms with Crippen LogP contribution in [-0.4, -0.2) is 30.5 Å². The Hall–Kier alpha value is -1.90. The molecule has 0 aliphatic rings. The molecule has 162 valence electrons. The summed E-state index contributed by atoms with van der Waals surface area (Å²) in [6.07, 6.45) is 1.94. The summed E-state index contributed by atoms with van der Waals surface area (Å²) in [5, 5.41) is 18.4. The highest BCUT2D eigenvalue weighted by Crippen LogP contribution is 2.26. The number of nitro benzene ring substituents is 1. The van der Waals surface area contributed by atoms with Gasteiger partial charge in [0.15, 0.2) is 9.84 Å². The fraction of sp³-hybridized carbons (Fsp3) is 0.632. The Labute approximate surface area is 166 Å². The summed E-state index contributed by atoms with van der Waals surface area (Å²) in [7, 11) is -3.88. The molecule has 0 aromatic heterocycles. The number of alkyl halides is 1. The van der Waals surface area contributed by atoms with Gasteiger partial charge in [0.1, 0.15) is 10.6 Å². The maximum absolute atomic E-state index is 13.7. The van der Waals surface area contributed by atoms with Crippen LogP contribution in [-0.2, 0) is 15.6 Å². The van der Waals surface area contributed by atoms with E-state index in [4.69, 9.17) is 5.41 Å². The minimum atomic E-state index is -3.88. The van der Waals surface area contributed by atoms with Crippen LogP contribution in [0.1, 0.15) is 66.4 Å². The van der Waals surface area contributed by atoms with Gasteiger partial charge in [-0.05, 0) is 32.8 Å². The zero-order valence-corrected chi connectivity index (χ0v) is 18.3. The Morgan fingerprint density at radius 2 is 1.79 bits per heavy atom. The molecule has 0 heterocycles. The molecule has 6 nitrogen and oxygen atoms in total. The number of nitrogens with one attached hydrogen (secondary N) is 1. The van der Waals surface area contributed by atoms with Crippen molar-refractivity contribution < 1.29 is 22.1 Å². The first-order valence-corrected chi connectivity index (χ1v) is 10.9. The van der Waals surface area contributed by atoms with Crippen LogP contribution in [0.15, 0.2) is 18.2 Å². The number of nitrogens with zero attached hydrogens (tertiary/aromatic N) is 1. The standard InChI is InChI=1S/C13H17FN2O4S.C4H9F.C2H6/c1-4-12(15)13(2,3)21(19,20)8-9-7-10(16(17)18)5-6-11(9)14;1-2-3-4-5;1-2/h5-7,15H,4,8H2,1-3H3;2-4H2,1H3;1-2H3. The van der Waals surface area contributed by atoms with Crippen LogP contribution in [0.2, 0.25) is 0 Å². The average molecular weight is 423 g/mol. The van der Waals surface area contributed by atoms with E-state index in [0.29, 0.717) is 0 Å². The quantitative estimate of drug-likeness (QED) is 0.333. The molecule has 0 unspecified atom stereocenters. The second kappa shape index (κ2) is 13.3. The largest absolute Gasteiger partial charge is 0.308 e. The van der Waals surface area contributed by atoms with Crippen LogP contribution in [0.5, 0.6) is 0 Å². The van der Waals surface area contributed by atoms with Gasteiger partial charge in [-0.1, -0.05) is 34.1 Å². The molecule has 0 amide bonds. The number of hydrogen-bond donors (Lipinski definition) is 1. The first-order valence-electron chi connectivity index (χ1n) is 9.23. The molecule has 0 aliphatic carbocycles. The molecule has 0 spiro atoms. The van der Waals surface area contributed by atoms with E-state index in [1.54, 1.807) is 6.92 Å². The number of rotatable bonds is 8. The molecule has 1 aromatic carbocycles. The second-order valence-corrected chi connectivity index (χ2v) is 8.72. The number of sulfone groups is 1. The number of benzene rings is 1. The first kappa shape index (κ1) is 28.3. The third-order valence-electron chi connectivity index (χ3n) is 3.93. The van der Waals surface area contributed by atoms with Gasteiger partial charge in [-0.3, -0.25) is 14.5 Å². The number of unbranched alkanes of at least 4 members (excludes halogenated alkanes) is 1. The molecule has 0 aliphatic heterocycles. The maximum atomic E-state index is 13.7. The zero-order chi connectivity index (χ0) is 22.5. The van der Waals surface area contributed by atoms with Gasteiger partial charge in [0.2, 0.25) is 0 Å². The Morgan fingerprint density at radius 1 is 1.25 bits per heavy atom. The van der Waals surface area contributed by atoms with E-state index in [9.17, 15) is 27.3 Å². The number of hydrogen-bond acceptors (Lipinski definition) is 5. The van der Waals surface area contributed by atoms with E-state index >= 15 is 0 Å². The molecule has 1 N–H and O–H groups in total. The summed E-state index contributed by atoms with van der Waals surface area (Å²) in [6.45, 7) is 10.2. The zero-order valence-electron chi connectivity index (χ0n) is 17.5. The number of halogens is 2. The lowest BCUT2D eigenvalue weighted by molar-refractivity contribution is -0.385. The van der Waals surface area contributed by atoms with Crippen molar-refractivity contribution in [2.75, 3.05) is 6.67 Å². The molecule has 0 radical (unpaired) electrons. The van der Waals surface area contributed by atoms with Crippen LogP contribution in [0.3, 0.4) is 0 Å². The highest BCUT2D eigenvalue weighted by molar-refractivity contribution is 7.92. The number of nitro groups is 1. The molecule has 1 aromatic rings. The van der Waals surface area contributed by atoms with Gasteiger partial charge in [-0.2, -0.15) is 0 Å². The van der Waals surface area contributed by atoms with E-state index in [1.165, 1.54) is 13.8 Å². The Bertz CT molecular complexity index is 733. The summed E-state index contributed by atoms with van der Waals surface area (Å²) in [4.78, 5) is 9.97. The summed E-state index contributed by atoms with van der Waals surface area (Å²) < 4.78 is 48.0. The fourth-order valence-electron chi connectivity index (χ4n) is 1.92. The van der Waals surface area contributed by atoms with E-state index in [2.05, 4.69) is 0 Å². The Balaban J connectivity index is 0. The van der Waals surface area contributed by atoms with Gasteiger partial charge in [-0.15, -0.1) is 0 Å². The van der Waals surface area contributed by atoms with Crippen LogP contribution < -0.4 is 0 Å². The van der Waals surface area contributed by atoms with Crippen LogP contribution in [0.4, 0.5) is 14.5 Å². The van der Waals surface area contributed by atoms with Gasteiger partial charge in [-0.25, -0.2) is 12.8 Å². The van der Waals surface area contributed by atoms with Gasteiger partial charge >= 0.3 is 0 Å². The van der Waals surface area contributed by atoms with Crippen molar-refractivity contribution in [3.63, 3.8) is 0 Å². The lowest BCUT2D eigenvalue weighted by atomic mass is 10.1. The molecule has 0 saturated heterocycles. The molecule has 0 bridgehead atoms. The highest BCUT2D eigenvalue weighted by atomic mass is 32.2. The van der Waals surface area contributed by atoms with Crippen molar-refractivity contribution in [2.45, 2.75) is 71.3 Å². The molecule has 1 rings (SSSR count). The summed E-state index contributed by atoms with van der Waals surface area (Å²) in [6, 6.07) is 2.77. The normalized spacial score (nSPS) is 10.9. The van der Waals surface area contributed by atoms with Gasteiger partial charge < -0.3 is 5.41 Å². The van der Waals surface area contributed by atoms with E-state index in [0.717, 1.165) is 31.0 Å². The SMILES string of the molecule is CC.CCC(=N)C(C)(C)S(=O)(=O)Cc1cc([N+](=O)[O-])ccc1F.CCCCF. The third kappa shape index (κ3) is 8.41. The third-order valence-corrected chi connectivity index (χ3v) is 6.42. The van der Waals surface area contributed by atoms with Crippen LogP contribution >= 0.6 is 0 Å². The van der Waals surface area contributed by atoms with Crippen molar-refractivity contribution in [1.82, 2.24) is 0 Å². The molecule has 9 heteroatoms. The molecule has 0 atom stereocenters. The summed E-state index contributed by atoms with van der Waals surface area (Å²) in [5.41, 5.74) is -0.625. The molecule has 28 heavy (non-hydrogen) atoms. The fourth-order valence-corrected chi connectivity index (χ4v) is 3.43. The van der Waals surface area contributed by atoms with Gasteiger partial charge in [0, 0.05) is 23.4 Å². The topological polar surface area (TPSA) is 101 Å². The van der Waals surface area contributed by atoms with E-state index < -0.39 is 31.1 Å². The maximum Gasteiger partial charge on any atom is 0.269 e. The van der Waals surface area contributed by atoms with Crippen LogP contribution in [0, 0.1) is 21.3 Å². The molecule has 0 saturated carbocycles.